The molecule has 0 radical (unpaired) electrons. The van der Waals surface area contributed by atoms with Crippen LogP contribution in [0.4, 0.5) is 10.5 Å². The molecule has 8 heteroatoms. The van der Waals surface area contributed by atoms with Crippen LogP contribution in [-0.4, -0.2) is 51.7 Å². The molecule has 21 heavy (non-hydrogen) atoms. The highest BCUT2D eigenvalue weighted by molar-refractivity contribution is 5.86. The van der Waals surface area contributed by atoms with Crippen LogP contribution in [0.15, 0.2) is 35.5 Å². The average Bonchev–Trinajstić information content (AvgIpc) is 2.48. The van der Waals surface area contributed by atoms with E-state index < -0.39 is 30.5 Å². The van der Waals surface area contributed by atoms with Crippen molar-refractivity contribution in [2.75, 3.05) is 5.32 Å². The third-order valence-corrected chi connectivity index (χ3v) is 2.95. The van der Waals surface area contributed by atoms with Crippen molar-refractivity contribution in [1.29, 1.82) is 0 Å². The smallest absolute Gasteiger partial charge is 0.437 e. The highest BCUT2D eigenvalue weighted by Gasteiger charge is 2.40. The molecule has 8 nitrogen and oxygen atoms in total. The molecule has 0 spiro atoms. The molecule has 0 aromatic heterocycles. The Morgan fingerprint density at radius 3 is 2.57 bits per heavy atom. The second-order valence-electron chi connectivity index (χ2n) is 4.55. The lowest BCUT2D eigenvalue weighted by molar-refractivity contribution is -0.114. The van der Waals surface area contributed by atoms with E-state index in [1.165, 1.54) is 6.92 Å². The van der Waals surface area contributed by atoms with Crippen molar-refractivity contribution >= 4 is 17.7 Å². The van der Waals surface area contributed by atoms with Gasteiger partial charge in [-0.1, -0.05) is 18.2 Å². The largest absolute Gasteiger partial charge is 0.471 e. The maximum absolute atomic E-state index is 11.5. The molecule has 0 saturated carbocycles. The summed E-state index contributed by atoms with van der Waals surface area (Å²) < 4.78 is 5.07. The Kier molecular flexibility index (Phi) is 4.73. The van der Waals surface area contributed by atoms with Gasteiger partial charge in [-0.05, 0) is 24.2 Å². The summed E-state index contributed by atoms with van der Waals surface area (Å²) in [5.74, 6) is -0.372. The van der Waals surface area contributed by atoms with Crippen molar-refractivity contribution in [3.63, 3.8) is 0 Å². The van der Waals surface area contributed by atoms with Crippen molar-refractivity contribution < 1.29 is 29.7 Å². The van der Waals surface area contributed by atoms with Gasteiger partial charge in [0.25, 0.3) is 5.90 Å². The molecule has 2 rings (SSSR count). The number of anilines is 1. The summed E-state index contributed by atoms with van der Waals surface area (Å²) in [6.45, 7) is 1.49. The third kappa shape index (κ3) is 3.69. The first-order valence-corrected chi connectivity index (χ1v) is 6.31. The van der Waals surface area contributed by atoms with Gasteiger partial charge in [-0.2, -0.15) is 0 Å². The van der Waals surface area contributed by atoms with E-state index >= 15 is 0 Å². The first-order chi connectivity index (χ1) is 9.99. The highest BCUT2D eigenvalue weighted by Crippen LogP contribution is 2.17. The van der Waals surface area contributed by atoms with Crippen LogP contribution in [-0.2, 0) is 9.57 Å². The number of ether oxygens (including phenoxy) is 1. The van der Waals surface area contributed by atoms with Crippen molar-refractivity contribution in [1.82, 2.24) is 0 Å². The Morgan fingerprint density at radius 1 is 1.24 bits per heavy atom. The quantitative estimate of drug-likeness (QED) is 0.452. The Balaban J connectivity index is 1.95. The molecule has 1 fully saturated rings. The Bertz CT molecular complexity index is 521. The lowest BCUT2D eigenvalue weighted by Gasteiger charge is -2.33. The summed E-state index contributed by atoms with van der Waals surface area (Å²) in [7, 11) is 0. The molecule has 0 unspecified atom stereocenters. The molecule has 1 heterocycles. The summed E-state index contributed by atoms with van der Waals surface area (Å²) >= 11 is 0. The van der Waals surface area contributed by atoms with E-state index in [9.17, 15) is 20.1 Å². The number of hydrogen-bond acceptors (Lipinski definition) is 7. The van der Waals surface area contributed by atoms with Crippen LogP contribution < -0.4 is 5.32 Å². The first-order valence-electron chi connectivity index (χ1n) is 6.31. The summed E-state index contributed by atoms with van der Waals surface area (Å²) in [4.78, 5) is 16.0. The van der Waals surface area contributed by atoms with Gasteiger partial charge in [-0.15, -0.1) is 0 Å². The van der Waals surface area contributed by atoms with Crippen LogP contribution in [0.5, 0.6) is 0 Å². The van der Waals surface area contributed by atoms with Gasteiger partial charge in [-0.3, -0.25) is 10.2 Å². The summed E-state index contributed by atoms with van der Waals surface area (Å²) in [5.41, 5.74) is 0.511. The molecule has 4 atom stereocenters. The zero-order chi connectivity index (χ0) is 15.4. The van der Waals surface area contributed by atoms with Crippen molar-refractivity contribution in [2.45, 2.75) is 31.3 Å². The van der Waals surface area contributed by atoms with Crippen LogP contribution >= 0.6 is 0 Å². The van der Waals surface area contributed by atoms with Crippen LogP contribution in [0.2, 0.25) is 0 Å². The second kappa shape index (κ2) is 6.53. The van der Waals surface area contributed by atoms with E-state index in [-0.39, 0.29) is 5.90 Å². The molecule has 1 saturated heterocycles. The molecule has 1 aliphatic rings. The predicted octanol–water partition coefficient (Wildman–Crippen LogP) is 0.0500. The fourth-order valence-electron chi connectivity index (χ4n) is 1.76. The minimum Gasteiger partial charge on any atom is -0.471 e. The molecule has 114 valence electrons. The normalized spacial score (nSPS) is 30.6. The van der Waals surface area contributed by atoms with Gasteiger partial charge >= 0.3 is 6.09 Å². The van der Waals surface area contributed by atoms with Crippen molar-refractivity contribution in [3.05, 3.63) is 30.3 Å². The lowest BCUT2D eigenvalue weighted by Crippen LogP contribution is -2.54. The number of aliphatic hydroxyl groups excluding tert-OH is 3. The summed E-state index contributed by atoms with van der Waals surface area (Å²) in [6, 6.07) is 8.56. The molecule has 0 aliphatic carbocycles. The van der Waals surface area contributed by atoms with Gasteiger partial charge in [0.15, 0.2) is 6.10 Å². The SMILES string of the molecule is C[C@@H]1O/C(=N\OC(=O)Nc2ccccc2)[C@@H](O)[C@H](O)[C@@H]1O. The Morgan fingerprint density at radius 2 is 1.90 bits per heavy atom. The zero-order valence-electron chi connectivity index (χ0n) is 11.2. The number of carbonyl (C=O) groups excluding carboxylic acids is 1. The van der Waals surface area contributed by atoms with E-state index in [0.717, 1.165) is 0 Å². The number of benzene rings is 1. The number of oxime groups is 1. The number of rotatable bonds is 2. The van der Waals surface area contributed by atoms with Crippen LogP contribution in [0.3, 0.4) is 0 Å². The number of nitrogens with zero attached hydrogens (tertiary/aromatic N) is 1. The van der Waals surface area contributed by atoms with E-state index in [2.05, 4.69) is 15.3 Å². The maximum atomic E-state index is 11.5. The Hall–Kier alpha value is -2.16. The maximum Gasteiger partial charge on any atom is 0.437 e. The van der Waals surface area contributed by atoms with Crippen LogP contribution in [0.25, 0.3) is 0 Å². The van der Waals surface area contributed by atoms with E-state index in [0.29, 0.717) is 5.69 Å². The van der Waals surface area contributed by atoms with E-state index in [1.54, 1.807) is 30.3 Å². The van der Waals surface area contributed by atoms with Gasteiger partial charge < -0.3 is 20.1 Å². The number of para-hydroxylation sites is 1. The zero-order valence-corrected chi connectivity index (χ0v) is 11.2. The third-order valence-electron chi connectivity index (χ3n) is 2.95. The fourth-order valence-corrected chi connectivity index (χ4v) is 1.76. The van der Waals surface area contributed by atoms with Gasteiger partial charge in [0.05, 0.1) is 0 Å². The van der Waals surface area contributed by atoms with Crippen molar-refractivity contribution in [3.8, 4) is 0 Å². The number of hydrogen-bond donors (Lipinski definition) is 4. The van der Waals surface area contributed by atoms with Crippen molar-refractivity contribution in [2.24, 2.45) is 5.16 Å². The molecule has 1 amide bonds. The van der Waals surface area contributed by atoms with Gasteiger partial charge in [0, 0.05) is 5.69 Å². The fraction of sp³-hybridized carbons (Fsp3) is 0.385. The molecule has 1 aliphatic heterocycles. The number of nitrogens with one attached hydrogen (secondary N) is 1. The Labute approximate surface area is 120 Å². The molecule has 4 N–H and O–H groups in total. The van der Waals surface area contributed by atoms with Gasteiger partial charge in [0.1, 0.15) is 18.3 Å². The van der Waals surface area contributed by atoms with Gasteiger partial charge in [-0.25, -0.2) is 4.79 Å². The van der Waals surface area contributed by atoms with E-state index in [1.807, 2.05) is 0 Å². The highest BCUT2D eigenvalue weighted by atomic mass is 16.7. The summed E-state index contributed by atoms with van der Waals surface area (Å²) in [6.07, 6.45) is -5.95. The standard InChI is InChI=1S/C13H16N2O6/c1-7-9(16)10(17)11(18)12(20-7)15-21-13(19)14-8-5-3-2-4-6-8/h2-7,9-11,16-18H,1H3,(H,14,19)/b15-12-/t7-,9+,10+,11-/m0/s1. The number of carbonyl (C=O) groups is 1. The molecular formula is C13H16N2O6. The minimum absolute atomic E-state index is 0.372. The van der Waals surface area contributed by atoms with E-state index in [4.69, 9.17) is 4.74 Å². The first kappa shape index (κ1) is 15.2. The molecule has 1 aromatic carbocycles. The van der Waals surface area contributed by atoms with Gasteiger partial charge in [0.2, 0.25) is 0 Å². The molecular weight excluding hydrogens is 280 g/mol. The average molecular weight is 296 g/mol. The number of amides is 1. The predicted molar refractivity (Wildman–Crippen MR) is 72.5 cm³/mol. The summed E-state index contributed by atoms with van der Waals surface area (Å²) in [5, 5.41) is 34.5. The van der Waals surface area contributed by atoms with Crippen LogP contribution in [0.1, 0.15) is 6.92 Å². The molecule has 1 aromatic rings. The minimum atomic E-state index is -1.57. The topological polar surface area (TPSA) is 121 Å². The van der Waals surface area contributed by atoms with Crippen LogP contribution in [0, 0.1) is 0 Å². The molecule has 0 bridgehead atoms. The monoisotopic (exact) mass is 296 g/mol. The number of aliphatic hydroxyl groups is 3. The lowest BCUT2D eigenvalue weighted by atomic mass is 10.0. The second-order valence-corrected chi connectivity index (χ2v) is 4.55.